The Kier molecular flexibility index (Phi) is 3.37. The zero-order valence-electron chi connectivity index (χ0n) is 10.1. The van der Waals surface area contributed by atoms with E-state index in [9.17, 15) is 18.4 Å². The smallest absolute Gasteiger partial charge is 0.327 e. The quantitative estimate of drug-likeness (QED) is 0.892. The second kappa shape index (κ2) is 4.83. The molecule has 2 rings (SSSR count). The van der Waals surface area contributed by atoms with Crippen molar-refractivity contribution < 1.29 is 18.7 Å². The van der Waals surface area contributed by atoms with Crippen LogP contribution in [-0.4, -0.2) is 20.6 Å². The van der Waals surface area contributed by atoms with Gasteiger partial charge >= 0.3 is 11.7 Å². The fourth-order valence-electron chi connectivity index (χ4n) is 2.09. The van der Waals surface area contributed by atoms with Crippen molar-refractivity contribution in [1.82, 2.24) is 9.55 Å². The first-order valence-corrected chi connectivity index (χ1v) is 5.78. The molecule has 2 aromatic rings. The number of hydrogen-bond acceptors (Lipinski definition) is 2. The highest BCUT2D eigenvalue weighted by molar-refractivity contribution is 5.80. The highest BCUT2D eigenvalue weighted by Crippen LogP contribution is 2.23. The van der Waals surface area contributed by atoms with Crippen LogP contribution in [0.25, 0.3) is 11.0 Å². The van der Waals surface area contributed by atoms with Gasteiger partial charge in [-0.05, 0) is 18.6 Å². The van der Waals surface area contributed by atoms with E-state index in [-0.39, 0.29) is 17.5 Å². The number of aliphatic carboxylic acids is 1. The van der Waals surface area contributed by atoms with Gasteiger partial charge in [0.15, 0.2) is 11.6 Å². The number of carboxylic acids is 1. The summed E-state index contributed by atoms with van der Waals surface area (Å²) < 4.78 is 27.8. The van der Waals surface area contributed by atoms with Gasteiger partial charge in [0.05, 0.1) is 5.52 Å². The van der Waals surface area contributed by atoms with Gasteiger partial charge in [-0.2, -0.15) is 0 Å². The van der Waals surface area contributed by atoms with E-state index >= 15 is 0 Å². The average Bonchev–Trinajstić information content (AvgIpc) is 2.68. The van der Waals surface area contributed by atoms with Crippen molar-refractivity contribution in [3.05, 3.63) is 34.3 Å². The second-order valence-corrected chi connectivity index (χ2v) is 4.20. The van der Waals surface area contributed by atoms with E-state index in [1.807, 2.05) is 0 Å². The number of fused-ring (bicyclic) bond motifs is 1. The molecule has 0 amide bonds. The molecule has 0 aliphatic rings. The zero-order chi connectivity index (χ0) is 14.2. The van der Waals surface area contributed by atoms with Crippen molar-refractivity contribution in [3.63, 3.8) is 0 Å². The van der Waals surface area contributed by atoms with Crippen LogP contribution >= 0.6 is 0 Å². The summed E-state index contributed by atoms with van der Waals surface area (Å²) in [5.41, 5.74) is -1.03. The van der Waals surface area contributed by atoms with Crippen molar-refractivity contribution in [2.45, 2.75) is 25.8 Å². The standard InChI is InChI=1S/C12H12F2N2O3/c1-2-3-8(11(17)18)16-10-7(15-12(16)19)5-4-6(13)9(10)14/h4-5,8H,2-3H2,1H3,(H,15,19)(H,17,18). The number of carboxylic acid groups (broad SMARTS) is 1. The van der Waals surface area contributed by atoms with E-state index in [0.29, 0.717) is 6.42 Å². The summed E-state index contributed by atoms with van der Waals surface area (Å²) in [5.74, 6) is -3.60. The molecule has 0 saturated heterocycles. The van der Waals surface area contributed by atoms with Gasteiger partial charge in [-0.25, -0.2) is 18.4 Å². The van der Waals surface area contributed by atoms with Crippen molar-refractivity contribution in [1.29, 1.82) is 0 Å². The Morgan fingerprint density at radius 2 is 2.16 bits per heavy atom. The lowest BCUT2D eigenvalue weighted by Crippen LogP contribution is -2.28. The Morgan fingerprint density at radius 1 is 1.47 bits per heavy atom. The van der Waals surface area contributed by atoms with Crippen molar-refractivity contribution >= 4 is 17.0 Å². The highest BCUT2D eigenvalue weighted by atomic mass is 19.2. The third kappa shape index (κ3) is 2.11. The van der Waals surface area contributed by atoms with Crippen LogP contribution in [0.5, 0.6) is 0 Å². The number of imidazole rings is 1. The number of aromatic amines is 1. The number of nitrogens with one attached hydrogen (secondary N) is 1. The number of nitrogens with zero attached hydrogens (tertiary/aromatic N) is 1. The molecule has 1 aromatic carbocycles. The molecule has 0 bridgehead atoms. The van der Waals surface area contributed by atoms with Crippen molar-refractivity contribution in [2.24, 2.45) is 0 Å². The minimum atomic E-state index is -1.26. The van der Waals surface area contributed by atoms with Gasteiger partial charge in [0.2, 0.25) is 0 Å². The molecule has 0 aliphatic carbocycles. The molecular formula is C12H12F2N2O3. The second-order valence-electron chi connectivity index (χ2n) is 4.20. The predicted molar refractivity (Wildman–Crippen MR) is 64.1 cm³/mol. The number of carbonyl (C=O) groups is 1. The van der Waals surface area contributed by atoms with Gasteiger partial charge in [0.25, 0.3) is 0 Å². The maximum absolute atomic E-state index is 13.8. The first-order valence-electron chi connectivity index (χ1n) is 5.78. The normalized spacial score (nSPS) is 12.8. The first kappa shape index (κ1) is 13.3. The molecule has 1 heterocycles. The largest absolute Gasteiger partial charge is 0.480 e. The minimum absolute atomic E-state index is 0.0752. The minimum Gasteiger partial charge on any atom is -0.480 e. The lowest BCUT2D eigenvalue weighted by molar-refractivity contribution is -0.141. The molecule has 2 N–H and O–H groups in total. The lowest BCUT2D eigenvalue weighted by Gasteiger charge is -2.13. The van der Waals surface area contributed by atoms with Crippen LogP contribution in [0.15, 0.2) is 16.9 Å². The number of benzene rings is 1. The Hall–Kier alpha value is -2.18. The fraction of sp³-hybridized carbons (Fsp3) is 0.333. The Bertz CT molecular complexity index is 690. The molecule has 1 aromatic heterocycles. The molecule has 19 heavy (non-hydrogen) atoms. The predicted octanol–water partition coefficient (Wildman–Crippen LogP) is 2.03. The number of H-pyrrole nitrogens is 1. The first-order chi connectivity index (χ1) is 8.97. The van der Waals surface area contributed by atoms with Crippen molar-refractivity contribution in [3.8, 4) is 0 Å². The van der Waals surface area contributed by atoms with Gasteiger partial charge in [-0.3, -0.25) is 4.57 Å². The van der Waals surface area contributed by atoms with E-state index in [0.717, 1.165) is 10.6 Å². The average molecular weight is 270 g/mol. The topological polar surface area (TPSA) is 75.1 Å². The van der Waals surface area contributed by atoms with Gasteiger partial charge < -0.3 is 10.1 Å². The molecule has 0 saturated carbocycles. The van der Waals surface area contributed by atoms with Crippen molar-refractivity contribution in [2.75, 3.05) is 0 Å². The Morgan fingerprint density at radius 3 is 2.74 bits per heavy atom. The van der Waals surface area contributed by atoms with E-state index < -0.39 is 29.3 Å². The van der Waals surface area contributed by atoms with Crippen LogP contribution in [0.4, 0.5) is 8.78 Å². The molecule has 102 valence electrons. The molecular weight excluding hydrogens is 258 g/mol. The third-order valence-corrected chi connectivity index (χ3v) is 2.93. The molecule has 0 aliphatic heterocycles. The number of rotatable bonds is 4. The highest BCUT2D eigenvalue weighted by Gasteiger charge is 2.25. The van der Waals surface area contributed by atoms with Crippen LogP contribution < -0.4 is 5.69 Å². The van der Waals surface area contributed by atoms with E-state index in [4.69, 9.17) is 5.11 Å². The summed E-state index contributed by atoms with van der Waals surface area (Å²) in [5, 5.41) is 9.13. The van der Waals surface area contributed by atoms with Crippen LogP contribution in [-0.2, 0) is 4.79 Å². The van der Waals surface area contributed by atoms with E-state index in [2.05, 4.69) is 4.98 Å². The van der Waals surface area contributed by atoms with Gasteiger partial charge in [-0.1, -0.05) is 13.3 Å². The maximum Gasteiger partial charge on any atom is 0.327 e. The summed E-state index contributed by atoms with van der Waals surface area (Å²) >= 11 is 0. The Labute approximate surface area is 106 Å². The van der Waals surface area contributed by atoms with E-state index in [1.54, 1.807) is 6.92 Å². The molecule has 7 heteroatoms. The molecule has 0 fully saturated rings. The number of aromatic nitrogens is 2. The summed E-state index contributed by atoms with van der Waals surface area (Å²) in [6.45, 7) is 1.74. The molecule has 1 atom stereocenters. The zero-order valence-corrected chi connectivity index (χ0v) is 10.1. The van der Waals surface area contributed by atoms with Crippen LogP contribution in [0.1, 0.15) is 25.8 Å². The fourth-order valence-corrected chi connectivity index (χ4v) is 2.09. The summed E-state index contributed by atoms with van der Waals surface area (Å²) in [6.07, 6.45) is 0.644. The molecule has 1 unspecified atom stereocenters. The SMILES string of the molecule is CCCC(C(=O)O)n1c(=O)[nH]c2ccc(F)c(F)c21. The number of hydrogen-bond donors (Lipinski definition) is 2. The third-order valence-electron chi connectivity index (χ3n) is 2.93. The van der Waals surface area contributed by atoms with Gasteiger partial charge in [0, 0.05) is 0 Å². The van der Waals surface area contributed by atoms with Crippen LogP contribution in [0.3, 0.4) is 0 Å². The molecule has 0 spiro atoms. The van der Waals surface area contributed by atoms with Gasteiger partial charge in [-0.15, -0.1) is 0 Å². The maximum atomic E-state index is 13.8. The Balaban J connectivity index is 2.78. The summed E-state index contributed by atoms with van der Waals surface area (Å²) in [6, 6.07) is 0.867. The summed E-state index contributed by atoms with van der Waals surface area (Å²) in [7, 11) is 0. The van der Waals surface area contributed by atoms with Gasteiger partial charge in [0.1, 0.15) is 11.6 Å². The van der Waals surface area contributed by atoms with E-state index in [1.165, 1.54) is 6.07 Å². The number of halogens is 2. The van der Waals surface area contributed by atoms with Crippen LogP contribution in [0, 0.1) is 11.6 Å². The molecule has 5 nitrogen and oxygen atoms in total. The monoisotopic (exact) mass is 270 g/mol. The lowest BCUT2D eigenvalue weighted by atomic mass is 10.1. The van der Waals surface area contributed by atoms with Crippen LogP contribution in [0.2, 0.25) is 0 Å². The molecule has 0 radical (unpaired) electrons. The summed E-state index contributed by atoms with van der Waals surface area (Å²) in [4.78, 5) is 25.3.